The van der Waals surface area contributed by atoms with E-state index >= 15 is 0 Å². The summed E-state index contributed by atoms with van der Waals surface area (Å²) in [5.74, 6) is 0.310. The highest BCUT2D eigenvalue weighted by molar-refractivity contribution is 6.07. The van der Waals surface area contributed by atoms with Crippen LogP contribution in [0.25, 0.3) is 5.82 Å². The normalized spacial score (nSPS) is 10.8. The van der Waals surface area contributed by atoms with Crippen LogP contribution in [0, 0.1) is 27.7 Å². The molecule has 3 aromatic heterocycles. The Morgan fingerprint density at radius 1 is 1.15 bits per heavy atom. The summed E-state index contributed by atoms with van der Waals surface area (Å²) in [6, 6.07) is 5.54. The summed E-state index contributed by atoms with van der Waals surface area (Å²) < 4.78 is 1.75. The average molecular weight is 351 g/mol. The van der Waals surface area contributed by atoms with E-state index in [2.05, 4.69) is 20.4 Å². The lowest BCUT2D eigenvalue weighted by molar-refractivity contribution is 0.101. The van der Waals surface area contributed by atoms with Crippen molar-refractivity contribution < 1.29 is 9.59 Å². The average Bonchev–Trinajstić information content (AvgIpc) is 3.06. The molecule has 3 heterocycles. The molecule has 0 bridgehead atoms. The molecule has 0 fully saturated rings. The van der Waals surface area contributed by atoms with E-state index in [1.165, 1.54) is 6.92 Å². The molecule has 0 saturated carbocycles. The molecule has 7 heteroatoms. The van der Waals surface area contributed by atoms with Gasteiger partial charge in [-0.3, -0.25) is 9.59 Å². The molecule has 0 aromatic carbocycles. The summed E-state index contributed by atoms with van der Waals surface area (Å²) in [6.07, 6.45) is 1.58. The van der Waals surface area contributed by atoms with Crippen LogP contribution in [-0.2, 0) is 0 Å². The molecular formula is C19H21N5O2. The second kappa shape index (κ2) is 6.59. The van der Waals surface area contributed by atoms with E-state index in [1.807, 2.05) is 19.9 Å². The van der Waals surface area contributed by atoms with Gasteiger partial charge in [0.25, 0.3) is 5.91 Å². The Kier molecular flexibility index (Phi) is 4.46. The lowest BCUT2D eigenvalue weighted by Gasteiger charge is -2.07. The fourth-order valence-corrected chi connectivity index (χ4v) is 3.14. The van der Waals surface area contributed by atoms with Gasteiger partial charge in [0, 0.05) is 17.0 Å². The molecule has 0 spiro atoms. The minimum atomic E-state index is -0.307. The zero-order valence-corrected chi connectivity index (χ0v) is 15.5. The lowest BCUT2D eigenvalue weighted by Crippen LogP contribution is -2.14. The van der Waals surface area contributed by atoms with Gasteiger partial charge < -0.3 is 10.3 Å². The molecule has 0 aliphatic rings. The Morgan fingerprint density at radius 2 is 1.88 bits per heavy atom. The number of amides is 1. The number of H-pyrrole nitrogens is 1. The number of carbonyl (C=O) groups is 2. The molecule has 2 N–H and O–H groups in total. The Labute approximate surface area is 151 Å². The van der Waals surface area contributed by atoms with Crippen LogP contribution >= 0.6 is 0 Å². The fraction of sp³-hybridized carbons (Fsp3) is 0.263. The van der Waals surface area contributed by atoms with Gasteiger partial charge in [-0.1, -0.05) is 0 Å². The molecule has 7 nitrogen and oxygen atoms in total. The van der Waals surface area contributed by atoms with E-state index in [0.717, 1.165) is 11.4 Å². The number of hydrogen-bond donors (Lipinski definition) is 2. The zero-order valence-electron chi connectivity index (χ0n) is 15.5. The Balaban J connectivity index is 1.81. The molecule has 0 atom stereocenters. The van der Waals surface area contributed by atoms with E-state index in [1.54, 1.807) is 36.9 Å². The maximum Gasteiger partial charge on any atom is 0.272 e. The number of aryl methyl sites for hydroxylation is 3. The second-order valence-electron chi connectivity index (χ2n) is 6.38. The zero-order chi connectivity index (χ0) is 19.0. The van der Waals surface area contributed by atoms with Gasteiger partial charge >= 0.3 is 0 Å². The standard InChI is InChI=1S/C19H21N5O2/c1-10-8-11(2)24(23-10)16-7-6-15(9-20-16)22-19(26)18-12(3)17(14(5)25)13(4)21-18/h6-9,21H,1-5H3,(H,22,26). The largest absolute Gasteiger partial charge is 0.354 e. The molecule has 3 aromatic rings. The van der Waals surface area contributed by atoms with E-state index in [9.17, 15) is 9.59 Å². The molecule has 26 heavy (non-hydrogen) atoms. The van der Waals surface area contributed by atoms with Gasteiger partial charge in [0.15, 0.2) is 11.6 Å². The van der Waals surface area contributed by atoms with Crippen molar-refractivity contribution in [3.05, 3.63) is 58.3 Å². The van der Waals surface area contributed by atoms with Crippen LogP contribution in [0.2, 0.25) is 0 Å². The molecular weight excluding hydrogens is 330 g/mol. The summed E-state index contributed by atoms with van der Waals surface area (Å²) in [5, 5.41) is 7.19. The Bertz CT molecular complexity index is 996. The number of aromatic amines is 1. The van der Waals surface area contributed by atoms with Crippen LogP contribution in [-0.4, -0.2) is 31.4 Å². The van der Waals surface area contributed by atoms with Gasteiger partial charge in [0.1, 0.15) is 5.69 Å². The fourth-order valence-electron chi connectivity index (χ4n) is 3.14. The van der Waals surface area contributed by atoms with Crippen LogP contribution in [0.3, 0.4) is 0 Å². The van der Waals surface area contributed by atoms with Gasteiger partial charge in [-0.25, -0.2) is 9.67 Å². The Hall–Kier alpha value is -3.22. The predicted molar refractivity (Wildman–Crippen MR) is 99.1 cm³/mol. The smallest absolute Gasteiger partial charge is 0.272 e. The number of pyridine rings is 1. The molecule has 0 saturated heterocycles. The summed E-state index contributed by atoms with van der Waals surface area (Å²) in [7, 11) is 0. The summed E-state index contributed by atoms with van der Waals surface area (Å²) in [6.45, 7) is 8.92. The maximum absolute atomic E-state index is 12.5. The highest BCUT2D eigenvalue weighted by Crippen LogP contribution is 2.20. The first-order valence-corrected chi connectivity index (χ1v) is 8.29. The minimum Gasteiger partial charge on any atom is -0.354 e. The van der Waals surface area contributed by atoms with Crippen LogP contribution in [0.1, 0.15) is 50.4 Å². The number of Topliss-reactive ketones (excluding diaryl/α,β-unsaturated/α-hetero) is 1. The number of aromatic nitrogens is 4. The first-order valence-electron chi connectivity index (χ1n) is 8.29. The predicted octanol–water partition coefficient (Wildman–Crippen LogP) is 3.28. The number of anilines is 1. The highest BCUT2D eigenvalue weighted by atomic mass is 16.2. The summed E-state index contributed by atoms with van der Waals surface area (Å²) in [4.78, 5) is 31.6. The van der Waals surface area contributed by atoms with E-state index < -0.39 is 0 Å². The number of ketones is 1. The van der Waals surface area contributed by atoms with Gasteiger partial charge in [-0.05, 0) is 58.4 Å². The van der Waals surface area contributed by atoms with Gasteiger partial charge in [-0.2, -0.15) is 5.10 Å². The van der Waals surface area contributed by atoms with Crippen LogP contribution in [0.5, 0.6) is 0 Å². The first-order chi connectivity index (χ1) is 12.3. The van der Waals surface area contributed by atoms with Crippen molar-refractivity contribution in [2.75, 3.05) is 5.32 Å². The van der Waals surface area contributed by atoms with Crippen molar-refractivity contribution in [1.82, 2.24) is 19.7 Å². The number of nitrogens with zero attached hydrogens (tertiary/aromatic N) is 3. The summed E-state index contributed by atoms with van der Waals surface area (Å²) in [5.41, 5.74) is 4.76. The van der Waals surface area contributed by atoms with Crippen LogP contribution < -0.4 is 5.32 Å². The lowest BCUT2D eigenvalue weighted by atomic mass is 10.1. The molecule has 0 aliphatic heterocycles. The molecule has 0 unspecified atom stereocenters. The van der Waals surface area contributed by atoms with E-state index in [-0.39, 0.29) is 11.7 Å². The number of hydrogen-bond acceptors (Lipinski definition) is 4. The van der Waals surface area contributed by atoms with E-state index in [0.29, 0.717) is 34.0 Å². The van der Waals surface area contributed by atoms with Crippen molar-refractivity contribution in [2.45, 2.75) is 34.6 Å². The van der Waals surface area contributed by atoms with Crippen LogP contribution in [0.15, 0.2) is 24.4 Å². The number of carbonyl (C=O) groups excluding carboxylic acids is 2. The first kappa shape index (κ1) is 17.6. The molecule has 0 aliphatic carbocycles. The highest BCUT2D eigenvalue weighted by Gasteiger charge is 2.20. The third-order valence-electron chi connectivity index (χ3n) is 4.25. The van der Waals surface area contributed by atoms with Crippen LogP contribution in [0.4, 0.5) is 5.69 Å². The minimum absolute atomic E-state index is 0.0637. The second-order valence-corrected chi connectivity index (χ2v) is 6.38. The Morgan fingerprint density at radius 3 is 2.38 bits per heavy atom. The van der Waals surface area contributed by atoms with Gasteiger partial charge in [0.05, 0.1) is 17.6 Å². The van der Waals surface area contributed by atoms with E-state index in [4.69, 9.17) is 0 Å². The maximum atomic E-state index is 12.5. The number of rotatable bonds is 4. The topological polar surface area (TPSA) is 92.7 Å². The molecule has 0 radical (unpaired) electrons. The van der Waals surface area contributed by atoms with Crippen molar-refractivity contribution in [2.24, 2.45) is 0 Å². The quantitative estimate of drug-likeness (QED) is 0.706. The number of nitrogens with one attached hydrogen (secondary N) is 2. The van der Waals surface area contributed by atoms with Gasteiger partial charge in [0.2, 0.25) is 0 Å². The SMILES string of the molecule is CC(=O)c1c(C)[nH]c(C(=O)Nc2ccc(-n3nc(C)cc3C)nc2)c1C. The van der Waals surface area contributed by atoms with Gasteiger partial charge in [-0.15, -0.1) is 0 Å². The molecule has 3 rings (SSSR count). The van der Waals surface area contributed by atoms with Crippen molar-refractivity contribution >= 4 is 17.4 Å². The van der Waals surface area contributed by atoms with Crippen molar-refractivity contribution in [3.8, 4) is 5.82 Å². The van der Waals surface area contributed by atoms with Crippen molar-refractivity contribution in [1.29, 1.82) is 0 Å². The van der Waals surface area contributed by atoms with Crippen molar-refractivity contribution in [3.63, 3.8) is 0 Å². The monoisotopic (exact) mass is 351 g/mol. The molecule has 1 amide bonds. The molecule has 134 valence electrons. The summed E-state index contributed by atoms with van der Waals surface area (Å²) >= 11 is 0. The third kappa shape index (κ3) is 3.15. The third-order valence-corrected chi connectivity index (χ3v) is 4.25.